The molecule has 0 aromatic carbocycles. The van der Waals surface area contributed by atoms with Crippen molar-refractivity contribution in [1.82, 2.24) is 9.47 Å². The summed E-state index contributed by atoms with van der Waals surface area (Å²) in [5, 5.41) is 12.6. The fourth-order valence-corrected chi connectivity index (χ4v) is 3.94. The van der Waals surface area contributed by atoms with E-state index >= 15 is 0 Å². The number of nitrogens with zero attached hydrogens (tertiary/aromatic N) is 3. The van der Waals surface area contributed by atoms with Gasteiger partial charge in [-0.3, -0.25) is 9.69 Å². The molecule has 0 spiro atoms. The number of nitrogens with one attached hydrogen (secondary N) is 1. The largest absolute Gasteiger partial charge is 0.467 e. The molecule has 0 bridgehead atoms. The quantitative estimate of drug-likeness (QED) is 0.841. The first-order valence-electron chi connectivity index (χ1n) is 9.63. The van der Waals surface area contributed by atoms with E-state index in [1.807, 2.05) is 37.6 Å². The lowest BCUT2D eigenvalue weighted by atomic mass is 9.94. The monoisotopic (exact) mass is 368 g/mol. The molecule has 0 radical (unpaired) electrons. The van der Waals surface area contributed by atoms with Gasteiger partial charge < -0.3 is 14.3 Å². The number of carbonyl (C=O) groups is 1. The maximum atomic E-state index is 12.7. The van der Waals surface area contributed by atoms with Gasteiger partial charge in [-0.05, 0) is 51.4 Å². The second kappa shape index (κ2) is 8.45. The van der Waals surface area contributed by atoms with Gasteiger partial charge in [0.1, 0.15) is 17.6 Å². The molecule has 2 heterocycles. The third kappa shape index (κ3) is 4.25. The van der Waals surface area contributed by atoms with Gasteiger partial charge in [-0.25, -0.2) is 0 Å². The molecule has 27 heavy (non-hydrogen) atoms. The number of rotatable bonds is 6. The lowest BCUT2D eigenvalue weighted by Gasteiger charge is -2.30. The first-order chi connectivity index (χ1) is 13.0. The Hall–Kier alpha value is -2.52. The summed E-state index contributed by atoms with van der Waals surface area (Å²) in [6.45, 7) is 4.69. The molecule has 144 valence electrons. The predicted octanol–water partition coefficient (Wildman–Crippen LogP) is 3.82. The van der Waals surface area contributed by atoms with Crippen molar-refractivity contribution in [2.45, 2.75) is 58.5 Å². The summed E-state index contributed by atoms with van der Waals surface area (Å²) >= 11 is 0. The number of furan rings is 1. The first-order valence-corrected chi connectivity index (χ1v) is 9.63. The van der Waals surface area contributed by atoms with E-state index in [-0.39, 0.29) is 5.91 Å². The molecule has 6 heteroatoms. The van der Waals surface area contributed by atoms with Gasteiger partial charge in [-0.2, -0.15) is 5.26 Å². The van der Waals surface area contributed by atoms with Crippen LogP contribution in [0.5, 0.6) is 0 Å². The van der Waals surface area contributed by atoms with Gasteiger partial charge in [-0.15, -0.1) is 0 Å². The van der Waals surface area contributed by atoms with E-state index in [1.165, 1.54) is 19.3 Å². The highest BCUT2D eigenvalue weighted by Crippen LogP contribution is 2.28. The van der Waals surface area contributed by atoms with Crippen molar-refractivity contribution in [3.8, 4) is 6.07 Å². The number of nitriles is 1. The minimum absolute atomic E-state index is 0.0854. The summed E-state index contributed by atoms with van der Waals surface area (Å²) in [6, 6.07) is 6.45. The molecule has 0 unspecified atom stereocenters. The Bertz CT molecular complexity index is 823. The summed E-state index contributed by atoms with van der Waals surface area (Å²) < 4.78 is 7.40. The molecule has 1 amide bonds. The number of likely N-dealkylation sites (N-methyl/N-ethyl adjacent to an activating group) is 1. The molecule has 0 saturated heterocycles. The molecule has 1 saturated carbocycles. The van der Waals surface area contributed by atoms with Crippen molar-refractivity contribution in [2.75, 3.05) is 18.9 Å². The molecule has 2 aromatic heterocycles. The van der Waals surface area contributed by atoms with Gasteiger partial charge in [0, 0.05) is 11.7 Å². The molecule has 6 nitrogen and oxygen atoms in total. The molecule has 1 fully saturated rings. The van der Waals surface area contributed by atoms with E-state index in [0.29, 0.717) is 30.5 Å². The maximum absolute atomic E-state index is 12.7. The van der Waals surface area contributed by atoms with Crippen LogP contribution in [0.2, 0.25) is 0 Å². The van der Waals surface area contributed by atoms with Crippen LogP contribution < -0.4 is 5.32 Å². The maximum Gasteiger partial charge on any atom is 0.239 e. The SMILES string of the molecule is Cc1c(C#N)c(NC(=O)CN(C)C2CCCCC2)n(Cc2ccco2)c1C. The molecule has 3 rings (SSSR count). The van der Waals surface area contributed by atoms with Crippen LogP contribution in [0.4, 0.5) is 5.82 Å². The van der Waals surface area contributed by atoms with E-state index in [9.17, 15) is 10.1 Å². The standard InChI is InChI=1S/C21H28N4O2/c1-15-16(2)25(13-18-10-7-11-27-18)21(19(15)12-22)23-20(26)14-24(3)17-8-5-4-6-9-17/h7,10-11,17H,4-6,8-9,13-14H2,1-3H3,(H,23,26). The molecule has 1 N–H and O–H groups in total. The third-order valence-electron chi connectivity index (χ3n) is 5.68. The normalized spacial score (nSPS) is 15.1. The first kappa shape index (κ1) is 19.2. The fraction of sp³-hybridized carbons (Fsp3) is 0.524. The Morgan fingerprint density at radius 1 is 1.37 bits per heavy atom. The summed E-state index contributed by atoms with van der Waals surface area (Å²) in [5.41, 5.74) is 2.37. The molecular weight excluding hydrogens is 340 g/mol. The number of hydrogen-bond acceptors (Lipinski definition) is 4. The minimum Gasteiger partial charge on any atom is -0.467 e. The zero-order valence-corrected chi connectivity index (χ0v) is 16.4. The summed E-state index contributed by atoms with van der Waals surface area (Å²) in [6.07, 6.45) is 7.70. The number of anilines is 1. The summed E-state index contributed by atoms with van der Waals surface area (Å²) in [5.74, 6) is 1.26. The van der Waals surface area contributed by atoms with E-state index in [2.05, 4.69) is 16.3 Å². The molecule has 1 aliphatic rings. The number of aromatic nitrogens is 1. The van der Waals surface area contributed by atoms with E-state index in [4.69, 9.17) is 4.42 Å². The predicted molar refractivity (Wildman–Crippen MR) is 105 cm³/mol. The molecule has 0 aliphatic heterocycles. The Morgan fingerprint density at radius 2 is 2.11 bits per heavy atom. The molecule has 0 atom stereocenters. The van der Waals surface area contributed by atoms with Crippen molar-refractivity contribution in [3.05, 3.63) is 41.0 Å². The Kier molecular flexibility index (Phi) is 6.02. The fourth-order valence-electron chi connectivity index (χ4n) is 3.94. The summed E-state index contributed by atoms with van der Waals surface area (Å²) in [7, 11) is 2.01. The zero-order chi connectivity index (χ0) is 19.4. The molecule has 2 aromatic rings. The lowest BCUT2D eigenvalue weighted by Crippen LogP contribution is -2.39. The van der Waals surface area contributed by atoms with Crippen LogP contribution in [0.25, 0.3) is 0 Å². The Labute approximate surface area is 160 Å². The summed E-state index contributed by atoms with van der Waals surface area (Å²) in [4.78, 5) is 14.8. The Balaban J connectivity index is 1.77. The second-order valence-electron chi connectivity index (χ2n) is 7.47. The Morgan fingerprint density at radius 3 is 2.74 bits per heavy atom. The van der Waals surface area contributed by atoms with Crippen LogP contribution in [0.1, 0.15) is 54.7 Å². The van der Waals surface area contributed by atoms with Crippen LogP contribution in [-0.2, 0) is 11.3 Å². The van der Waals surface area contributed by atoms with Gasteiger partial charge >= 0.3 is 0 Å². The van der Waals surface area contributed by atoms with E-state index in [1.54, 1.807) is 6.26 Å². The lowest BCUT2D eigenvalue weighted by molar-refractivity contribution is -0.117. The van der Waals surface area contributed by atoms with Crippen LogP contribution in [-0.4, -0.2) is 35.0 Å². The average Bonchev–Trinajstić information content (AvgIpc) is 3.25. The van der Waals surface area contributed by atoms with Crippen LogP contribution in [0.15, 0.2) is 22.8 Å². The highest BCUT2D eigenvalue weighted by molar-refractivity contribution is 5.93. The van der Waals surface area contributed by atoms with Crippen LogP contribution >= 0.6 is 0 Å². The molecular formula is C21H28N4O2. The highest BCUT2D eigenvalue weighted by Gasteiger charge is 2.23. The van der Waals surface area contributed by atoms with E-state index in [0.717, 1.165) is 29.9 Å². The number of carbonyl (C=O) groups excluding carboxylic acids is 1. The molecule has 1 aliphatic carbocycles. The van der Waals surface area contributed by atoms with Crippen molar-refractivity contribution < 1.29 is 9.21 Å². The van der Waals surface area contributed by atoms with Crippen molar-refractivity contribution in [3.63, 3.8) is 0 Å². The van der Waals surface area contributed by atoms with Gasteiger partial charge in [-0.1, -0.05) is 19.3 Å². The van der Waals surface area contributed by atoms with Crippen molar-refractivity contribution >= 4 is 11.7 Å². The van der Waals surface area contributed by atoms with Crippen LogP contribution in [0, 0.1) is 25.2 Å². The van der Waals surface area contributed by atoms with Crippen LogP contribution in [0.3, 0.4) is 0 Å². The number of amides is 1. The number of hydrogen-bond donors (Lipinski definition) is 1. The van der Waals surface area contributed by atoms with Gasteiger partial charge in [0.05, 0.1) is 24.9 Å². The van der Waals surface area contributed by atoms with Crippen molar-refractivity contribution in [1.29, 1.82) is 5.26 Å². The smallest absolute Gasteiger partial charge is 0.239 e. The van der Waals surface area contributed by atoms with Gasteiger partial charge in [0.15, 0.2) is 0 Å². The van der Waals surface area contributed by atoms with E-state index < -0.39 is 0 Å². The van der Waals surface area contributed by atoms with Gasteiger partial charge in [0.25, 0.3) is 0 Å². The average molecular weight is 368 g/mol. The third-order valence-corrected chi connectivity index (χ3v) is 5.68. The zero-order valence-electron chi connectivity index (χ0n) is 16.4. The second-order valence-corrected chi connectivity index (χ2v) is 7.47. The topological polar surface area (TPSA) is 74.2 Å². The highest BCUT2D eigenvalue weighted by atomic mass is 16.3. The van der Waals surface area contributed by atoms with Crippen molar-refractivity contribution in [2.24, 2.45) is 0 Å². The van der Waals surface area contributed by atoms with Gasteiger partial charge in [0.2, 0.25) is 5.91 Å². The minimum atomic E-state index is -0.0854.